The van der Waals surface area contributed by atoms with Gasteiger partial charge in [-0.25, -0.2) is 0 Å². The first kappa shape index (κ1) is 69.3. The van der Waals surface area contributed by atoms with E-state index in [0.29, 0.717) is 12.8 Å². The Hall–Kier alpha value is -2.66. The average Bonchev–Trinajstić information content (AvgIpc) is 3.38. The molecule has 0 aromatic heterocycles. The van der Waals surface area contributed by atoms with Crippen LogP contribution in [0.25, 0.3) is 0 Å². The van der Waals surface area contributed by atoms with Crippen LogP contribution < -0.4 is 0 Å². The zero-order valence-electron chi connectivity index (χ0n) is 47.9. The minimum atomic E-state index is -0.773. The van der Waals surface area contributed by atoms with Gasteiger partial charge in [-0.1, -0.05) is 299 Å². The molecule has 1 N–H and O–H groups in total. The lowest BCUT2D eigenvalue weighted by Crippen LogP contribution is -2.28. The summed E-state index contributed by atoms with van der Waals surface area (Å²) in [5.41, 5.74) is 0. The summed E-state index contributed by atoms with van der Waals surface area (Å²) < 4.78 is 10.7. The van der Waals surface area contributed by atoms with Gasteiger partial charge in [-0.15, -0.1) is 0 Å². The van der Waals surface area contributed by atoms with E-state index in [-0.39, 0.29) is 25.2 Å². The highest BCUT2D eigenvalue weighted by Gasteiger charge is 2.16. The van der Waals surface area contributed by atoms with Gasteiger partial charge in [-0.05, 0) is 83.5 Å². The van der Waals surface area contributed by atoms with E-state index in [1.807, 2.05) is 0 Å². The lowest BCUT2D eigenvalue weighted by Gasteiger charge is -2.15. The van der Waals surface area contributed by atoms with E-state index in [1.54, 1.807) is 0 Å². The first-order valence-electron chi connectivity index (χ1n) is 31.5. The number of ether oxygens (including phenoxy) is 2. The standard InChI is InChI=1S/C67H120O5/c1-3-5-7-9-11-13-15-17-19-21-23-25-26-27-28-29-30-31-32-33-34-35-36-37-38-39-40-42-44-46-48-50-52-54-56-58-60-62-67(70)72-65(63-68)64-71-66(69)61-59-57-55-53-51-49-47-45-43-41-24-22-20-18-16-14-12-10-8-6-4-2/h5,7,11,13,17,19,22-25,27-28,65,68H,3-4,6,8-10,12,14-16,18,20-21,26,29-64H2,1-2H3/b7-5-,13-11-,19-17-,24-22-,25-23-,28-27-. The van der Waals surface area contributed by atoms with Crippen molar-refractivity contribution in [2.75, 3.05) is 13.2 Å². The van der Waals surface area contributed by atoms with Crippen LogP contribution in [0.3, 0.4) is 0 Å². The van der Waals surface area contributed by atoms with Crippen LogP contribution in [-0.4, -0.2) is 36.4 Å². The summed E-state index contributed by atoms with van der Waals surface area (Å²) >= 11 is 0. The number of carbonyl (C=O) groups is 2. The van der Waals surface area contributed by atoms with E-state index in [0.717, 1.165) is 70.6 Å². The van der Waals surface area contributed by atoms with Crippen LogP contribution in [0.15, 0.2) is 72.9 Å². The molecule has 0 aliphatic carbocycles. The molecule has 0 saturated carbocycles. The van der Waals surface area contributed by atoms with Crippen LogP contribution in [0.5, 0.6) is 0 Å². The van der Waals surface area contributed by atoms with Crippen LogP contribution in [0.2, 0.25) is 0 Å². The normalized spacial score (nSPS) is 12.7. The van der Waals surface area contributed by atoms with E-state index in [9.17, 15) is 14.7 Å². The zero-order valence-corrected chi connectivity index (χ0v) is 47.9. The van der Waals surface area contributed by atoms with Gasteiger partial charge in [0.25, 0.3) is 0 Å². The third-order valence-electron chi connectivity index (χ3n) is 14.0. The molecule has 0 aromatic rings. The summed E-state index contributed by atoms with van der Waals surface area (Å²) in [6.45, 7) is 4.06. The van der Waals surface area contributed by atoms with Crippen molar-refractivity contribution >= 4 is 11.9 Å². The third-order valence-corrected chi connectivity index (χ3v) is 14.0. The fourth-order valence-electron chi connectivity index (χ4n) is 9.29. The molecule has 0 aliphatic rings. The largest absolute Gasteiger partial charge is 0.462 e. The average molecular weight is 1010 g/mol. The number of unbranched alkanes of at least 4 members (excludes halogenated alkanes) is 38. The monoisotopic (exact) mass is 1000 g/mol. The molecule has 72 heavy (non-hydrogen) atoms. The topological polar surface area (TPSA) is 72.8 Å². The Morgan fingerprint density at radius 3 is 0.917 bits per heavy atom. The maximum absolute atomic E-state index is 12.3. The molecule has 0 heterocycles. The molecule has 0 fully saturated rings. The van der Waals surface area contributed by atoms with Crippen molar-refractivity contribution in [2.24, 2.45) is 0 Å². The highest BCUT2D eigenvalue weighted by Crippen LogP contribution is 2.17. The molecule has 5 heteroatoms. The van der Waals surface area contributed by atoms with Crippen LogP contribution in [-0.2, 0) is 19.1 Å². The van der Waals surface area contributed by atoms with Gasteiger partial charge in [0.2, 0.25) is 0 Å². The summed E-state index contributed by atoms with van der Waals surface area (Å²) in [5, 5.41) is 9.67. The van der Waals surface area contributed by atoms with Gasteiger partial charge in [0.05, 0.1) is 6.61 Å². The first-order chi connectivity index (χ1) is 35.6. The van der Waals surface area contributed by atoms with Crippen molar-refractivity contribution in [1.82, 2.24) is 0 Å². The van der Waals surface area contributed by atoms with Crippen molar-refractivity contribution in [2.45, 2.75) is 328 Å². The van der Waals surface area contributed by atoms with Crippen LogP contribution in [0, 0.1) is 0 Å². The van der Waals surface area contributed by atoms with E-state index >= 15 is 0 Å². The highest BCUT2D eigenvalue weighted by atomic mass is 16.6. The fraction of sp³-hybridized carbons (Fsp3) is 0.791. The molecule has 5 nitrogen and oxygen atoms in total. The highest BCUT2D eigenvalue weighted by molar-refractivity contribution is 5.70. The van der Waals surface area contributed by atoms with Gasteiger partial charge < -0.3 is 14.6 Å². The molecule has 0 aliphatic heterocycles. The number of aliphatic hydroxyl groups excluding tert-OH is 1. The lowest BCUT2D eigenvalue weighted by atomic mass is 10.0. The molecule has 418 valence electrons. The molecule has 1 unspecified atom stereocenters. The maximum Gasteiger partial charge on any atom is 0.306 e. The molecule has 0 amide bonds. The van der Waals surface area contributed by atoms with Crippen molar-refractivity contribution in [1.29, 1.82) is 0 Å². The second kappa shape index (κ2) is 62.6. The zero-order chi connectivity index (χ0) is 52.0. The van der Waals surface area contributed by atoms with Crippen molar-refractivity contribution < 1.29 is 24.2 Å². The second-order valence-electron chi connectivity index (χ2n) is 21.1. The second-order valence-corrected chi connectivity index (χ2v) is 21.1. The number of allylic oxidation sites excluding steroid dienone is 12. The van der Waals surface area contributed by atoms with Crippen molar-refractivity contribution in [3.63, 3.8) is 0 Å². The van der Waals surface area contributed by atoms with E-state index in [2.05, 4.69) is 86.8 Å². The third kappa shape index (κ3) is 59.9. The summed E-state index contributed by atoms with van der Waals surface area (Å²) in [6.07, 6.45) is 86.2. The smallest absolute Gasteiger partial charge is 0.306 e. The van der Waals surface area contributed by atoms with Crippen LogP contribution >= 0.6 is 0 Å². The molecule has 0 saturated heterocycles. The molecule has 0 spiro atoms. The quantitative estimate of drug-likeness (QED) is 0.0373. The minimum Gasteiger partial charge on any atom is -0.462 e. The molecule has 1 atom stereocenters. The van der Waals surface area contributed by atoms with Crippen molar-refractivity contribution in [3.05, 3.63) is 72.9 Å². The number of rotatable bonds is 58. The van der Waals surface area contributed by atoms with E-state index in [4.69, 9.17) is 9.47 Å². The van der Waals surface area contributed by atoms with Crippen molar-refractivity contribution in [3.8, 4) is 0 Å². The van der Waals surface area contributed by atoms with Gasteiger partial charge in [0.1, 0.15) is 6.61 Å². The van der Waals surface area contributed by atoms with Crippen LogP contribution in [0.4, 0.5) is 0 Å². The number of carbonyl (C=O) groups excluding carboxylic acids is 2. The summed E-state index contributed by atoms with van der Waals surface area (Å²) in [5.74, 6) is -0.578. The van der Waals surface area contributed by atoms with Gasteiger partial charge >= 0.3 is 11.9 Å². The summed E-state index contributed by atoms with van der Waals surface area (Å²) in [7, 11) is 0. The predicted molar refractivity (Wildman–Crippen MR) is 316 cm³/mol. The minimum absolute atomic E-state index is 0.0641. The first-order valence-corrected chi connectivity index (χ1v) is 31.5. The Bertz CT molecular complexity index is 1270. The molecule has 0 bridgehead atoms. The SMILES string of the molecule is CC/C=C\C/C=C\C/C=C\C/C=C\C/C=C\CCCCCCCCCCCCCCCCCCCCCCCC(=O)OC(CO)COC(=O)CCCCCCCCCCC/C=C\CCCCCCCCCC. The van der Waals surface area contributed by atoms with Crippen LogP contribution in [0.1, 0.15) is 322 Å². The van der Waals surface area contributed by atoms with E-state index < -0.39 is 6.10 Å². The van der Waals surface area contributed by atoms with E-state index in [1.165, 1.54) is 225 Å². The van der Waals surface area contributed by atoms with Gasteiger partial charge in [-0.2, -0.15) is 0 Å². The molecule has 0 aromatic carbocycles. The number of esters is 2. The molecular formula is C67H120O5. The summed E-state index contributed by atoms with van der Waals surface area (Å²) in [4.78, 5) is 24.6. The number of hydrogen-bond acceptors (Lipinski definition) is 5. The lowest BCUT2D eigenvalue weighted by molar-refractivity contribution is -0.161. The Balaban J connectivity index is 3.43. The fourth-order valence-corrected chi connectivity index (χ4v) is 9.29. The van der Waals surface area contributed by atoms with Gasteiger partial charge in [0, 0.05) is 12.8 Å². The Labute approximate surface area is 448 Å². The Morgan fingerprint density at radius 1 is 0.333 bits per heavy atom. The summed E-state index contributed by atoms with van der Waals surface area (Å²) in [6, 6.07) is 0. The molecule has 0 radical (unpaired) electrons. The number of aliphatic hydroxyl groups is 1. The molecule has 0 rings (SSSR count). The van der Waals surface area contributed by atoms with Gasteiger partial charge in [-0.3, -0.25) is 9.59 Å². The Kier molecular flexibility index (Phi) is 60.3. The maximum atomic E-state index is 12.3. The Morgan fingerprint density at radius 2 is 0.597 bits per heavy atom. The number of hydrogen-bond donors (Lipinski definition) is 1. The van der Waals surface area contributed by atoms with Gasteiger partial charge in [0.15, 0.2) is 6.10 Å². The molecular weight excluding hydrogens is 885 g/mol. The predicted octanol–water partition coefficient (Wildman–Crippen LogP) is 21.5.